The van der Waals surface area contributed by atoms with Gasteiger partial charge < -0.3 is 15.1 Å². The highest BCUT2D eigenvalue weighted by molar-refractivity contribution is 5.79. The van der Waals surface area contributed by atoms with E-state index in [0.29, 0.717) is 18.5 Å². The number of aryl methyl sites for hydroxylation is 2. The fourth-order valence-corrected chi connectivity index (χ4v) is 2.15. The zero-order valence-corrected chi connectivity index (χ0v) is 14.1. The molecule has 0 aliphatic rings. The van der Waals surface area contributed by atoms with E-state index in [0.717, 1.165) is 23.8 Å². The van der Waals surface area contributed by atoms with E-state index in [9.17, 15) is 0 Å². The first-order valence-electron chi connectivity index (χ1n) is 7.96. The van der Waals surface area contributed by atoms with Crippen LogP contribution in [0.1, 0.15) is 63.3 Å². The average Bonchev–Trinajstić information content (AvgIpc) is 2.78. The Morgan fingerprint density at radius 2 is 2.05 bits per heavy atom. The third kappa shape index (κ3) is 6.65. The van der Waals surface area contributed by atoms with Crippen LogP contribution in [0, 0.1) is 13.8 Å². The maximum Gasteiger partial charge on any atom is 0.214 e. The van der Waals surface area contributed by atoms with Crippen LogP contribution in [0.5, 0.6) is 0 Å². The number of oxazole rings is 1. The monoisotopic (exact) mass is 294 g/mol. The summed E-state index contributed by atoms with van der Waals surface area (Å²) < 4.78 is 5.55. The van der Waals surface area contributed by atoms with E-state index >= 15 is 0 Å². The third-order valence-electron chi connectivity index (χ3n) is 3.58. The Hall–Kier alpha value is -1.52. The van der Waals surface area contributed by atoms with Gasteiger partial charge in [-0.05, 0) is 27.2 Å². The lowest BCUT2D eigenvalue weighted by molar-refractivity contribution is 0.461. The van der Waals surface area contributed by atoms with Crippen LogP contribution in [0.15, 0.2) is 9.41 Å². The van der Waals surface area contributed by atoms with E-state index < -0.39 is 0 Å². The molecule has 120 valence electrons. The van der Waals surface area contributed by atoms with Crippen molar-refractivity contribution >= 4 is 5.96 Å². The van der Waals surface area contributed by atoms with Gasteiger partial charge >= 0.3 is 0 Å². The highest BCUT2D eigenvalue weighted by atomic mass is 16.4. The molecule has 21 heavy (non-hydrogen) atoms. The lowest BCUT2D eigenvalue weighted by atomic mass is 10.1. The van der Waals surface area contributed by atoms with Crippen molar-refractivity contribution in [1.29, 1.82) is 0 Å². The van der Waals surface area contributed by atoms with Gasteiger partial charge in [0.15, 0.2) is 5.96 Å². The molecule has 1 heterocycles. The topological polar surface area (TPSA) is 62.5 Å². The van der Waals surface area contributed by atoms with Gasteiger partial charge in [-0.3, -0.25) is 4.99 Å². The minimum Gasteiger partial charge on any atom is -0.444 e. The van der Waals surface area contributed by atoms with Crippen LogP contribution in [0.3, 0.4) is 0 Å². The number of hydrogen-bond donors (Lipinski definition) is 2. The Labute approximate surface area is 128 Å². The zero-order valence-electron chi connectivity index (χ0n) is 14.1. The van der Waals surface area contributed by atoms with E-state index in [2.05, 4.69) is 34.5 Å². The molecule has 0 saturated carbocycles. The molecule has 0 aromatic carbocycles. The van der Waals surface area contributed by atoms with Crippen LogP contribution in [0.2, 0.25) is 0 Å². The Bertz CT molecular complexity index is 420. The molecule has 2 N–H and O–H groups in total. The lowest BCUT2D eigenvalue weighted by Gasteiger charge is -2.17. The first kappa shape index (κ1) is 17.5. The molecule has 0 bridgehead atoms. The van der Waals surface area contributed by atoms with E-state index in [1.54, 1.807) is 7.05 Å². The predicted molar refractivity (Wildman–Crippen MR) is 87.5 cm³/mol. The van der Waals surface area contributed by atoms with Gasteiger partial charge in [-0.1, -0.05) is 32.6 Å². The Balaban J connectivity index is 2.31. The SMILES string of the molecule is CCCCCCC(C)NC(=NC)NCc1nc(C)c(C)o1. The first-order valence-corrected chi connectivity index (χ1v) is 7.96. The van der Waals surface area contributed by atoms with Crippen LogP contribution in [0.25, 0.3) is 0 Å². The van der Waals surface area contributed by atoms with E-state index in [1.807, 2.05) is 13.8 Å². The average molecular weight is 294 g/mol. The van der Waals surface area contributed by atoms with Crippen molar-refractivity contribution in [2.45, 2.75) is 72.4 Å². The maximum absolute atomic E-state index is 5.55. The molecule has 0 aliphatic carbocycles. The van der Waals surface area contributed by atoms with Crippen molar-refractivity contribution < 1.29 is 4.42 Å². The number of guanidine groups is 1. The molecule has 0 spiro atoms. The minimum atomic E-state index is 0.418. The zero-order chi connectivity index (χ0) is 15.7. The largest absolute Gasteiger partial charge is 0.444 e. The predicted octanol–water partition coefficient (Wildman–Crippen LogP) is 3.32. The molecule has 0 radical (unpaired) electrons. The minimum absolute atomic E-state index is 0.418. The molecule has 1 aromatic rings. The highest BCUT2D eigenvalue weighted by Crippen LogP contribution is 2.08. The van der Waals surface area contributed by atoms with E-state index in [4.69, 9.17) is 4.42 Å². The number of aromatic nitrogens is 1. The molecule has 0 amide bonds. The first-order chi connectivity index (χ1) is 10.1. The fourth-order valence-electron chi connectivity index (χ4n) is 2.15. The number of rotatable bonds is 8. The summed E-state index contributed by atoms with van der Waals surface area (Å²) in [6, 6.07) is 0.418. The highest BCUT2D eigenvalue weighted by Gasteiger charge is 2.08. The second kappa shape index (κ2) is 9.42. The molecule has 5 heteroatoms. The smallest absolute Gasteiger partial charge is 0.214 e. The number of hydrogen-bond acceptors (Lipinski definition) is 3. The van der Waals surface area contributed by atoms with Gasteiger partial charge in [-0.2, -0.15) is 0 Å². The summed E-state index contributed by atoms with van der Waals surface area (Å²) in [6.45, 7) is 8.86. The van der Waals surface area contributed by atoms with Crippen LogP contribution in [-0.4, -0.2) is 24.0 Å². The van der Waals surface area contributed by atoms with Crippen molar-refractivity contribution in [3.05, 3.63) is 17.3 Å². The second-order valence-corrected chi connectivity index (χ2v) is 5.57. The van der Waals surface area contributed by atoms with Gasteiger partial charge in [0.2, 0.25) is 5.89 Å². The molecule has 1 unspecified atom stereocenters. The third-order valence-corrected chi connectivity index (χ3v) is 3.58. The van der Waals surface area contributed by atoms with Crippen LogP contribution in [-0.2, 0) is 6.54 Å². The molecule has 5 nitrogen and oxygen atoms in total. The lowest BCUT2D eigenvalue weighted by Crippen LogP contribution is -2.41. The Kier molecular flexibility index (Phi) is 7.87. The van der Waals surface area contributed by atoms with Gasteiger partial charge in [-0.25, -0.2) is 4.98 Å². The summed E-state index contributed by atoms with van der Waals surface area (Å²) in [7, 11) is 1.78. The number of aliphatic imine (C=N–C) groups is 1. The molecule has 1 rings (SSSR count). The van der Waals surface area contributed by atoms with E-state index in [-0.39, 0.29) is 0 Å². The fraction of sp³-hybridized carbons (Fsp3) is 0.750. The van der Waals surface area contributed by atoms with Gasteiger partial charge in [0.25, 0.3) is 0 Å². The molecule has 0 saturated heterocycles. The summed E-state index contributed by atoms with van der Waals surface area (Å²) in [5.74, 6) is 2.37. The molecule has 1 aromatic heterocycles. The Morgan fingerprint density at radius 3 is 2.62 bits per heavy atom. The molecular formula is C16H30N4O. The van der Waals surface area contributed by atoms with Crippen molar-refractivity contribution in [2.24, 2.45) is 4.99 Å². The van der Waals surface area contributed by atoms with Crippen molar-refractivity contribution in [2.75, 3.05) is 7.05 Å². The van der Waals surface area contributed by atoms with E-state index in [1.165, 1.54) is 25.7 Å². The quantitative estimate of drug-likeness (QED) is 0.438. The van der Waals surface area contributed by atoms with Crippen molar-refractivity contribution in [3.8, 4) is 0 Å². The van der Waals surface area contributed by atoms with Crippen LogP contribution < -0.4 is 10.6 Å². The standard InChI is InChI=1S/C16H30N4O/c1-6-7-8-9-10-12(2)19-16(17-5)18-11-15-20-13(3)14(4)21-15/h12H,6-11H2,1-5H3,(H2,17,18,19). The summed E-state index contributed by atoms with van der Waals surface area (Å²) >= 11 is 0. The van der Waals surface area contributed by atoms with Gasteiger partial charge in [0.1, 0.15) is 5.76 Å². The summed E-state index contributed by atoms with van der Waals surface area (Å²) in [5.41, 5.74) is 0.944. The van der Waals surface area contributed by atoms with Gasteiger partial charge in [0.05, 0.1) is 12.2 Å². The number of nitrogens with one attached hydrogen (secondary N) is 2. The van der Waals surface area contributed by atoms with Gasteiger partial charge in [-0.15, -0.1) is 0 Å². The molecule has 0 fully saturated rings. The normalized spacial score (nSPS) is 13.3. The Morgan fingerprint density at radius 1 is 1.29 bits per heavy atom. The van der Waals surface area contributed by atoms with Crippen LogP contribution >= 0.6 is 0 Å². The second-order valence-electron chi connectivity index (χ2n) is 5.57. The molecule has 1 atom stereocenters. The van der Waals surface area contributed by atoms with Crippen molar-refractivity contribution in [1.82, 2.24) is 15.6 Å². The van der Waals surface area contributed by atoms with Gasteiger partial charge in [0, 0.05) is 13.1 Å². The molecule has 0 aliphatic heterocycles. The van der Waals surface area contributed by atoms with Crippen LogP contribution in [0.4, 0.5) is 0 Å². The summed E-state index contributed by atoms with van der Waals surface area (Å²) in [5, 5.41) is 6.65. The number of nitrogens with zero attached hydrogens (tertiary/aromatic N) is 2. The van der Waals surface area contributed by atoms with Crippen molar-refractivity contribution in [3.63, 3.8) is 0 Å². The molecular weight excluding hydrogens is 264 g/mol. The number of unbranched alkanes of at least 4 members (excludes halogenated alkanes) is 3. The maximum atomic E-state index is 5.55. The summed E-state index contributed by atoms with van der Waals surface area (Å²) in [4.78, 5) is 8.60. The summed E-state index contributed by atoms with van der Waals surface area (Å²) in [6.07, 6.45) is 6.33.